The molecule has 14 heteroatoms. The lowest BCUT2D eigenvalue weighted by Crippen LogP contribution is -2.42. The van der Waals surface area contributed by atoms with E-state index in [1.807, 2.05) is 82.9 Å². The topological polar surface area (TPSA) is 151 Å². The van der Waals surface area contributed by atoms with Gasteiger partial charge in [0.25, 0.3) is 11.8 Å². The number of thiazole rings is 2. The maximum absolute atomic E-state index is 14.2. The summed E-state index contributed by atoms with van der Waals surface area (Å²) in [5, 5.41) is 7.62. The maximum atomic E-state index is 14.2. The minimum atomic E-state index is -0.856. The summed E-state index contributed by atoms with van der Waals surface area (Å²) in [6.45, 7) is 1.15. The number of hydrogen-bond acceptors (Lipinski definition) is 10. The first-order valence-corrected chi connectivity index (χ1v) is 23.5. The molecule has 4 amide bonds. The molecule has 8 aromatic rings. The van der Waals surface area contributed by atoms with Crippen LogP contribution in [0.2, 0.25) is 0 Å². The van der Waals surface area contributed by atoms with Crippen LogP contribution in [-0.4, -0.2) is 56.5 Å². The molecule has 330 valence electrons. The highest BCUT2D eigenvalue weighted by Gasteiger charge is 2.39. The lowest BCUT2D eigenvalue weighted by Gasteiger charge is -2.28. The Morgan fingerprint density at radius 2 is 0.924 bits per heavy atom. The van der Waals surface area contributed by atoms with E-state index in [-0.39, 0.29) is 35.7 Å². The molecule has 10 rings (SSSR count). The average molecular weight is 913 g/mol. The Labute approximate surface area is 389 Å². The molecular weight excluding hydrogens is 869 g/mol. The van der Waals surface area contributed by atoms with Gasteiger partial charge in [0.2, 0.25) is 11.8 Å². The van der Waals surface area contributed by atoms with Crippen LogP contribution in [0.3, 0.4) is 0 Å². The van der Waals surface area contributed by atoms with Gasteiger partial charge in [-0.05, 0) is 71.2 Å². The highest BCUT2D eigenvalue weighted by atomic mass is 32.1. The Kier molecular flexibility index (Phi) is 12.2. The monoisotopic (exact) mass is 912 g/mol. The van der Waals surface area contributed by atoms with E-state index in [0.717, 1.165) is 67.7 Å². The highest BCUT2D eigenvalue weighted by molar-refractivity contribution is 7.15. The standard InChI is InChI=1S/C52H44N6O6S2/c59-47(39-23-27-63-31-39)55-45(37-9-3-1-4-10-37)51(61)57-25-7-13-41(57)49-53-29-43(65-49)35-19-15-33(16-20-35)34-17-21-36(22-18-34)44-30-54-50(66-44)42-14-8-26-58(42)52(62)46(38-11-5-2-6-12-38)56-48(60)40-24-28-64-32-40/h1-6,9-12,15-24,27-32,41-42,45-46H,7-8,13-14,25-26H2,(H,55,59)(H,56,60)/t41-,42-,45-,46+/m0/s1. The predicted octanol–water partition coefficient (Wildman–Crippen LogP) is 10.5. The van der Waals surface area contributed by atoms with Crippen molar-refractivity contribution in [2.24, 2.45) is 0 Å². The van der Waals surface area contributed by atoms with E-state index < -0.39 is 12.1 Å². The van der Waals surface area contributed by atoms with Crippen LogP contribution in [0.4, 0.5) is 0 Å². The average Bonchev–Trinajstić information content (AvgIpc) is 4.22. The SMILES string of the molecule is O=C(N[C@H](C(=O)N1CCC[C@H]1c1ncc(-c2ccc(-c3ccc(-c4cnc([C@@H]5CCCN5C(=O)[C@H](NC(=O)c5ccoc5)c5ccccc5)s4)cc3)cc2)s1)c1ccccc1)c1ccoc1. The van der Waals surface area contributed by atoms with Crippen molar-refractivity contribution in [2.75, 3.05) is 13.1 Å². The number of benzene rings is 4. The lowest BCUT2D eigenvalue weighted by molar-refractivity contribution is -0.135. The van der Waals surface area contributed by atoms with Gasteiger partial charge in [-0.1, -0.05) is 109 Å². The van der Waals surface area contributed by atoms with Crippen molar-refractivity contribution < 1.29 is 28.0 Å². The van der Waals surface area contributed by atoms with Gasteiger partial charge in [-0.15, -0.1) is 22.7 Å². The third-order valence-corrected chi connectivity index (χ3v) is 14.5. The van der Waals surface area contributed by atoms with Crippen molar-refractivity contribution in [3.63, 3.8) is 0 Å². The van der Waals surface area contributed by atoms with Crippen LogP contribution >= 0.6 is 22.7 Å². The number of furan rings is 2. The van der Waals surface area contributed by atoms with Crippen molar-refractivity contribution in [3.8, 4) is 32.0 Å². The van der Waals surface area contributed by atoms with Crippen molar-refractivity contribution in [3.05, 3.63) is 191 Å². The molecule has 66 heavy (non-hydrogen) atoms. The third kappa shape index (κ3) is 8.84. The largest absolute Gasteiger partial charge is 0.472 e. The number of carbonyl (C=O) groups is 4. The zero-order valence-electron chi connectivity index (χ0n) is 35.6. The van der Waals surface area contributed by atoms with Gasteiger partial charge in [0.15, 0.2) is 0 Å². The quantitative estimate of drug-likeness (QED) is 0.116. The molecular formula is C52H44N6O6S2. The van der Waals surface area contributed by atoms with Gasteiger partial charge in [-0.3, -0.25) is 19.2 Å². The molecule has 0 radical (unpaired) electrons. The second-order valence-corrected chi connectivity index (χ2v) is 18.4. The van der Waals surface area contributed by atoms with E-state index in [2.05, 4.69) is 59.2 Å². The lowest BCUT2D eigenvalue weighted by atomic mass is 10.0. The molecule has 4 aromatic carbocycles. The summed E-state index contributed by atoms with van der Waals surface area (Å²) >= 11 is 3.18. The van der Waals surface area contributed by atoms with E-state index in [1.54, 1.807) is 34.8 Å². The molecule has 0 spiro atoms. The molecule has 2 saturated heterocycles. The van der Waals surface area contributed by atoms with Crippen LogP contribution in [0.15, 0.2) is 168 Å². The Balaban J connectivity index is 0.800. The van der Waals surface area contributed by atoms with Crippen LogP contribution in [0.25, 0.3) is 32.0 Å². The van der Waals surface area contributed by atoms with Crippen LogP contribution in [0, 0.1) is 0 Å². The van der Waals surface area contributed by atoms with Gasteiger partial charge in [0.1, 0.15) is 34.6 Å². The van der Waals surface area contributed by atoms with Crippen LogP contribution in [-0.2, 0) is 9.59 Å². The molecule has 0 aliphatic carbocycles. The highest BCUT2D eigenvalue weighted by Crippen LogP contribution is 2.41. The summed E-state index contributed by atoms with van der Waals surface area (Å²) < 4.78 is 10.2. The summed E-state index contributed by atoms with van der Waals surface area (Å²) in [7, 11) is 0. The summed E-state index contributed by atoms with van der Waals surface area (Å²) in [5.41, 5.74) is 6.36. The van der Waals surface area contributed by atoms with Crippen LogP contribution < -0.4 is 10.6 Å². The number of nitrogens with one attached hydrogen (secondary N) is 2. The number of aromatic nitrogens is 2. The molecule has 2 aliphatic heterocycles. The Bertz CT molecular complexity index is 2730. The molecule has 2 N–H and O–H groups in total. The second-order valence-electron chi connectivity index (χ2n) is 16.3. The van der Waals surface area contributed by atoms with E-state index in [1.165, 1.54) is 25.1 Å². The third-order valence-electron chi connectivity index (χ3n) is 12.2. The molecule has 12 nitrogen and oxygen atoms in total. The smallest absolute Gasteiger partial charge is 0.255 e. The minimum Gasteiger partial charge on any atom is -0.472 e. The van der Waals surface area contributed by atoms with Crippen LogP contribution in [0.5, 0.6) is 0 Å². The van der Waals surface area contributed by atoms with Gasteiger partial charge in [0.05, 0.1) is 45.5 Å². The van der Waals surface area contributed by atoms with E-state index in [4.69, 9.17) is 18.8 Å². The first-order valence-electron chi connectivity index (χ1n) is 21.9. The number of nitrogens with zero attached hydrogens (tertiary/aromatic N) is 4. The van der Waals surface area contributed by atoms with Crippen molar-refractivity contribution in [1.82, 2.24) is 30.4 Å². The fraction of sp³-hybridized carbons (Fsp3) is 0.192. The molecule has 6 heterocycles. The minimum absolute atomic E-state index is 0.168. The van der Waals surface area contributed by atoms with E-state index in [9.17, 15) is 19.2 Å². The first kappa shape index (κ1) is 42.5. The molecule has 0 unspecified atom stereocenters. The fourth-order valence-corrected chi connectivity index (χ4v) is 10.9. The number of carbonyl (C=O) groups excluding carboxylic acids is 4. The normalized spacial score (nSPS) is 16.8. The number of amides is 4. The summed E-state index contributed by atoms with van der Waals surface area (Å²) in [4.78, 5) is 70.0. The van der Waals surface area contributed by atoms with Crippen molar-refractivity contribution >= 4 is 46.3 Å². The molecule has 0 bridgehead atoms. The predicted molar refractivity (Wildman–Crippen MR) is 252 cm³/mol. The number of likely N-dealkylation sites (tertiary alicyclic amines) is 2. The molecule has 2 fully saturated rings. The maximum Gasteiger partial charge on any atom is 0.255 e. The van der Waals surface area contributed by atoms with E-state index in [0.29, 0.717) is 35.3 Å². The van der Waals surface area contributed by atoms with Crippen molar-refractivity contribution in [2.45, 2.75) is 49.9 Å². The Hall–Kier alpha value is -7.42. The summed E-state index contributed by atoms with van der Waals surface area (Å²) in [6, 6.07) is 36.6. The molecule has 2 aliphatic rings. The van der Waals surface area contributed by atoms with Gasteiger partial charge in [-0.2, -0.15) is 0 Å². The van der Waals surface area contributed by atoms with Crippen molar-refractivity contribution in [1.29, 1.82) is 0 Å². The molecule has 4 atom stereocenters. The molecule has 0 saturated carbocycles. The zero-order chi connectivity index (χ0) is 45.0. The van der Waals surface area contributed by atoms with Gasteiger partial charge < -0.3 is 29.3 Å². The Morgan fingerprint density at radius 3 is 1.30 bits per heavy atom. The Morgan fingerprint density at radius 1 is 0.530 bits per heavy atom. The van der Waals surface area contributed by atoms with Gasteiger partial charge in [-0.25, -0.2) is 9.97 Å². The van der Waals surface area contributed by atoms with Gasteiger partial charge >= 0.3 is 0 Å². The number of hydrogen-bond donors (Lipinski definition) is 2. The summed E-state index contributed by atoms with van der Waals surface area (Å²) in [5.74, 6) is -1.09. The first-order chi connectivity index (χ1) is 32.4. The molecule has 4 aromatic heterocycles. The van der Waals surface area contributed by atoms with Gasteiger partial charge in [0, 0.05) is 25.5 Å². The summed E-state index contributed by atoms with van der Waals surface area (Å²) in [6.07, 6.45) is 12.6. The zero-order valence-corrected chi connectivity index (χ0v) is 37.3. The second kappa shape index (κ2) is 19.0. The fourth-order valence-electron chi connectivity index (χ4n) is 8.79. The van der Waals surface area contributed by atoms with Crippen LogP contribution in [0.1, 0.15) is 91.7 Å². The van der Waals surface area contributed by atoms with E-state index >= 15 is 0 Å². The number of rotatable bonds is 13.